The summed E-state index contributed by atoms with van der Waals surface area (Å²) in [6.45, 7) is 1.82. The zero-order valence-corrected chi connectivity index (χ0v) is 5.82. The van der Waals surface area contributed by atoms with Crippen molar-refractivity contribution in [3.8, 4) is 0 Å². The molecule has 0 aromatic carbocycles. The lowest BCUT2D eigenvalue weighted by Crippen LogP contribution is -2.29. The maximum absolute atomic E-state index is 10.9. The van der Waals surface area contributed by atoms with Crippen molar-refractivity contribution in [3.63, 3.8) is 0 Å². The van der Waals surface area contributed by atoms with E-state index in [0.29, 0.717) is 6.42 Å². The van der Waals surface area contributed by atoms with Crippen molar-refractivity contribution >= 4 is 19.7 Å². The van der Waals surface area contributed by atoms with Gasteiger partial charge in [0.15, 0.2) is 0 Å². The lowest BCUT2D eigenvalue weighted by Gasteiger charge is -2.14. The van der Waals surface area contributed by atoms with Crippen LogP contribution in [0.4, 0.5) is 0 Å². The summed E-state index contributed by atoms with van der Waals surface area (Å²) in [6.07, 6.45) is 5.57. The van der Waals surface area contributed by atoms with Crippen molar-refractivity contribution in [1.29, 1.82) is 0 Å². The Morgan fingerprint density at radius 3 is 3.10 bits per heavy atom. The highest BCUT2D eigenvalue weighted by molar-refractivity contribution is 6.38. The molecule has 0 aliphatic carbocycles. The van der Waals surface area contributed by atoms with Gasteiger partial charge in [0, 0.05) is 12.6 Å². The third-order valence-corrected chi connectivity index (χ3v) is 1.20. The molecule has 1 aliphatic rings. The number of carbonyl (C=O) groups is 1. The van der Waals surface area contributed by atoms with Crippen LogP contribution in [-0.2, 0) is 4.79 Å². The Labute approximate surface area is 60.7 Å². The van der Waals surface area contributed by atoms with Crippen molar-refractivity contribution in [3.05, 3.63) is 12.3 Å². The molecule has 0 spiro atoms. The lowest BCUT2D eigenvalue weighted by atomic mass is 10.1. The molecule has 0 N–H and O–H groups in total. The second kappa shape index (κ2) is 3.20. The molecular formula is C6H8BN2O. The SMILES string of the molecule is CCC(=O)N1[B]N=CC=C1. The van der Waals surface area contributed by atoms with Crippen LogP contribution in [0.5, 0.6) is 0 Å². The average molecular weight is 135 g/mol. The summed E-state index contributed by atoms with van der Waals surface area (Å²) < 4.78 is 0. The Balaban J connectivity index is 2.51. The van der Waals surface area contributed by atoms with Gasteiger partial charge in [-0.15, -0.1) is 0 Å². The summed E-state index contributed by atoms with van der Waals surface area (Å²) in [7, 11) is 1.51. The maximum atomic E-state index is 10.9. The van der Waals surface area contributed by atoms with Crippen LogP contribution < -0.4 is 0 Å². The Bertz CT molecular complexity index is 188. The molecule has 0 saturated heterocycles. The number of hydrogen-bond acceptors (Lipinski definition) is 2. The monoisotopic (exact) mass is 135 g/mol. The molecule has 0 aromatic rings. The van der Waals surface area contributed by atoms with Gasteiger partial charge in [0.05, 0.1) is 0 Å². The largest absolute Gasteiger partial charge is 0.418 e. The molecule has 1 rings (SSSR count). The summed E-state index contributed by atoms with van der Waals surface area (Å²) in [5.74, 6) is 0.0631. The van der Waals surface area contributed by atoms with E-state index in [2.05, 4.69) is 4.90 Å². The molecule has 10 heavy (non-hydrogen) atoms. The van der Waals surface area contributed by atoms with Crippen molar-refractivity contribution in [2.45, 2.75) is 13.3 Å². The van der Waals surface area contributed by atoms with Gasteiger partial charge >= 0.3 is 7.55 Å². The maximum Gasteiger partial charge on any atom is 0.418 e. The molecular weight excluding hydrogens is 127 g/mol. The van der Waals surface area contributed by atoms with Gasteiger partial charge in [-0.3, -0.25) is 4.79 Å². The van der Waals surface area contributed by atoms with Gasteiger partial charge in [-0.25, -0.2) is 0 Å². The van der Waals surface area contributed by atoms with Crippen LogP contribution in [0, 0.1) is 0 Å². The number of allylic oxidation sites excluding steroid dienone is 1. The predicted octanol–water partition coefficient (Wildman–Crippen LogP) is 0.357. The number of hydrogen-bond donors (Lipinski definition) is 0. The fourth-order valence-electron chi connectivity index (χ4n) is 0.660. The Morgan fingerprint density at radius 1 is 1.80 bits per heavy atom. The van der Waals surface area contributed by atoms with E-state index in [1.165, 1.54) is 12.4 Å². The second-order valence-corrected chi connectivity index (χ2v) is 1.91. The van der Waals surface area contributed by atoms with Crippen LogP contribution >= 0.6 is 0 Å². The van der Waals surface area contributed by atoms with E-state index in [4.69, 9.17) is 0 Å². The molecule has 0 atom stereocenters. The smallest absolute Gasteiger partial charge is 0.344 e. The van der Waals surface area contributed by atoms with Crippen LogP contribution in [0.15, 0.2) is 17.2 Å². The number of carbonyl (C=O) groups excluding carboxylic acids is 1. The van der Waals surface area contributed by atoms with Crippen LogP contribution in [0.3, 0.4) is 0 Å². The Kier molecular flexibility index (Phi) is 2.26. The van der Waals surface area contributed by atoms with E-state index >= 15 is 0 Å². The lowest BCUT2D eigenvalue weighted by molar-refractivity contribution is -0.124. The van der Waals surface area contributed by atoms with Gasteiger partial charge in [-0.1, -0.05) is 6.92 Å². The van der Waals surface area contributed by atoms with E-state index in [1.54, 1.807) is 18.5 Å². The molecule has 51 valence electrons. The molecule has 4 heteroatoms. The fraction of sp³-hybridized carbons (Fsp3) is 0.333. The minimum Gasteiger partial charge on any atom is -0.344 e. The summed E-state index contributed by atoms with van der Waals surface area (Å²) in [5, 5.41) is 0. The number of nitrogens with zero attached hydrogens (tertiary/aromatic N) is 2. The normalized spacial score (nSPS) is 15.1. The van der Waals surface area contributed by atoms with Gasteiger partial charge in [0.2, 0.25) is 5.91 Å². The minimum absolute atomic E-state index is 0.0631. The number of amides is 1. The van der Waals surface area contributed by atoms with Gasteiger partial charge in [0.1, 0.15) is 0 Å². The molecule has 0 saturated carbocycles. The topological polar surface area (TPSA) is 32.7 Å². The zero-order valence-electron chi connectivity index (χ0n) is 5.82. The molecule has 1 heterocycles. The van der Waals surface area contributed by atoms with Crippen molar-refractivity contribution < 1.29 is 4.79 Å². The summed E-state index contributed by atoms with van der Waals surface area (Å²) >= 11 is 0. The first kappa shape index (κ1) is 7.06. The van der Waals surface area contributed by atoms with Gasteiger partial charge in [-0.2, -0.15) is 0 Å². The van der Waals surface area contributed by atoms with Crippen LogP contribution in [-0.4, -0.2) is 24.5 Å². The zero-order chi connectivity index (χ0) is 7.40. The van der Waals surface area contributed by atoms with Gasteiger partial charge in [-0.05, 0) is 12.3 Å². The first-order chi connectivity index (χ1) is 4.84. The van der Waals surface area contributed by atoms with E-state index in [-0.39, 0.29) is 5.91 Å². The predicted molar refractivity (Wildman–Crippen MR) is 40.5 cm³/mol. The quantitative estimate of drug-likeness (QED) is 0.477. The molecule has 1 aliphatic heterocycles. The van der Waals surface area contributed by atoms with Crippen molar-refractivity contribution in [2.75, 3.05) is 0 Å². The summed E-state index contributed by atoms with van der Waals surface area (Å²) in [6, 6.07) is 0. The van der Waals surface area contributed by atoms with Crippen LogP contribution in [0.2, 0.25) is 0 Å². The highest BCUT2D eigenvalue weighted by Crippen LogP contribution is 1.95. The van der Waals surface area contributed by atoms with E-state index in [9.17, 15) is 4.79 Å². The third kappa shape index (κ3) is 1.46. The molecule has 0 bridgehead atoms. The Morgan fingerprint density at radius 2 is 2.60 bits per heavy atom. The van der Waals surface area contributed by atoms with Crippen molar-refractivity contribution in [2.24, 2.45) is 4.90 Å². The average Bonchev–Trinajstić information content (AvgIpc) is 2.05. The molecule has 0 fully saturated rings. The molecule has 1 radical (unpaired) electrons. The van der Waals surface area contributed by atoms with Crippen LogP contribution in [0.25, 0.3) is 0 Å². The van der Waals surface area contributed by atoms with Gasteiger partial charge in [0.25, 0.3) is 0 Å². The second-order valence-electron chi connectivity index (χ2n) is 1.91. The number of rotatable bonds is 1. The first-order valence-electron chi connectivity index (χ1n) is 3.19. The van der Waals surface area contributed by atoms with E-state index in [0.717, 1.165) is 0 Å². The molecule has 3 nitrogen and oxygen atoms in total. The summed E-state index contributed by atoms with van der Waals surface area (Å²) in [4.78, 5) is 16.2. The fourth-order valence-corrected chi connectivity index (χ4v) is 0.660. The standard InChI is InChI=1S/C6H8BN2O/c1-2-6(10)9-5-3-4-8-7-9/h3-5H,2H2,1H3. The van der Waals surface area contributed by atoms with Gasteiger partial charge < -0.3 is 9.71 Å². The minimum atomic E-state index is 0.0631. The summed E-state index contributed by atoms with van der Waals surface area (Å²) in [5.41, 5.74) is 0. The Hall–Kier alpha value is -1.06. The molecule has 1 amide bonds. The molecule has 0 aromatic heterocycles. The molecule has 0 unspecified atom stereocenters. The highest BCUT2D eigenvalue weighted by atomic mass is 16.2. The van der Waals surface area contributed by atoms with Crippen molar-refractivity contribution in [1.82, 2.24) is 4.81 Å². The van der Waals surface area contributed by atoms with E-state index < -0.39 is 0 Å². The van der Waals surface area contributed by atoms with E-state index in [1.807, 2.05) is 6.92 Å². The third-order valence-electron chi connectivity index (χ3n) is 1.20. The highest BCUT2D eigenvalue weighted by Gasteiger charge is 2.09. The van der Waals surface area contributed by atoms with Crippen LogP contribution in [0.1, 0.15) is 13.3 Å². The first-order valence-corrected chi connectivity index (χ1v) is 3.19.